The molecule has 0 aliphatic carbocycles. The molecule has 0 aliphatic heterocycles. The lowest BCUT2D eigenvalue weighted by Gasteiger charge is -2.43. The summed E-state index contributed by atoms with van der Waals surface area (Å²) in [5.74, 6) is -58.0. The molecule has 0 spiro atoms. The van der Waals surface area contributed by atoms with Crippen molar-refractivity contribution in [3.63, 3.8) is 0 Å². The van der Waals surface area contributed by atoms with Crippen LogP contribution in [-0.2, 0) is 9.53 Å². The first-order chi connectivity index (χ1) is 15.3. The van der Waals surface area contributed by atoms with E-state index >= 15 is 0 Å². The van der Waals surface area contributed by atoms with Crippen molar-refractivity contribution in [2.75, 3.05) is 0 Å². The van der Waals surface area contributed by atoms with E-state index in [4.69, 9.17) is 0 Å². The lowest BCUT2D eigenvalue weighted by molar-refractivity contribution is -0.462. The Kier molecular flexibility index (Phi) is 8.59. The lowest BCUT2D eigenvalue weighted by Crippen LogP contribution is -2.74. The summed E-state index contributed by atoms with van der Waals surface area (Å²) in [7, 11) is 0. The van der Waals surface area contributed by atoms with E-state index in [1.807, 2.05) is 0 Å². The molecule has 0 saturated carbocycles. The number of carbonyl (C=O) groups excluding carboxylic acids is 1. The van der Waals surface area contributed by atoms with Gasteiger partial charge in [0.2, 0.25) is 0 Å². The SMILES string of the molecule is C=C(C)C(=O)OC(C)(C)CCC(F)(F)C(F)(F)C(F)(F)C(F)(F)C(F)(F)C(F)(F)C(F)(F)C(F)(F)F. The minimum atomic E-state index is -8.67. The van der Waals surface area contributed by atoms with Crippen molar-refractivity contribution in [2.45, 2.75) is 86.8 Å². The molecule has 0 aromatic carbocycles. The van der Waals surface area contributed by atoms with E-state index in [9.17, 15) is 79.4 Å². The summed E-state index contributed by atoms with van der Waals surface area (Å²) >= 11 is 0. The van der Waals surface area contributed by atoms with Gasteiger partial charge in [-0.25, -0.2) is 4.79 Å². The maximum absolute atomic E-state index is 13.9. The van der Waals surface area contributed by atoms with Crippen LogP contribution in [0.2, 0.25) is 0 Å². The molecule has 0 bridgehead atoms. The Hall–Kier alpha value is -1.98. The molecule has 0 fully saturated rings. The van der Waals surface area contributed by atoms with Gasteiger partial charge >= 0.3 is 53.6 Å². The van der Waals surface area contributed by atoms with Gasteiger partial charge < -0.3 is 4.74 Å². The number of halogens is 17. The van der Waals surface area contributed by atoms with Crippen LogP contribution in [0.3, 0.4) is 0 Å². The molecule has 0 rings (SSSR count). The van der Waals surface area contributed by atoms with Crippen LogP contribution in [0.5, 0.6) is 0 Å². The van der Waals surface area contributed by atoms with Crippen LogP contribution in [0, 0.1) is 0 Å². The third-order valence-electron chi connectivity index (χ3n) is 4.55. The normalized spacial score (nSPS) is 15.7. The zero-order valence-electron chi connectivity index (χ0n) is 17.9. The van der Waals surface area contributed by atoms with Crippen LogP contribution in [0.1, 0.15) is 33.6 Å². The van der Waals surface area contributed by atoms with Gasteiger partial charge in [0.25, 0.3) is 0 Å². The molecule has 0 saturated heterocycles. The van der Waals surface area contributed by atoms with Crippen LogP contribution >= 0.6 is 0 Å². The van der Waals surface area contributed by atoms with Gasteiger partial charge in [0.05, 0.1) is 0 Å². The molecular weight excluding hydrogens is 559 g/mol. The van der Waals surface area contributed by atoms with Crippen molar-refractivity contribution >= 4 is 5.97 Å². The standard InChI is InChI=1S/C17H15F17O2/c1-7(2)8(35)36-9(3,4)5-6-10(18,19)11(20,21)12(22,23)13(24,25)14(26,27)15(28,29)16(30,31)17(32,33)34/h1,5-6H2,2-4H3. The first kappa shape index (κ1) is 34.0. The Bertz CT molecular complexity index is 839. The molecule has 0 aliphatic rings. The third-order valence-corrected chi connectivity index (χ3v) is 4.55. The molecule has 19 heteroatoms. The van der Waals surface area contributed by atoms with E-state index in [-0.39, 0.29) is 0 Å². The van der Waals surface area contributed by atoms with Gasteiger partial charge in [-0.2, -0.15) is 74.6 Å². The van der Waals surface area contributed by atoms with Gasteiger partial charge in [-0.05, 0) is 27.2 Å². The van der Waals surface area contributed by atoms with E-state index in [2.05, 4.69) is 11.3 Å². The summed E-state index contributed by atoms with van der Waals surface area (Å²) in [5.41, 5.74) is -2.66. The number of rotatable bonds is 11. The molecule has 0 atom stereocenters. The van der Waals surface area contributed by atoms with Gasteiger partial charge in [0, 0.05) is 12.0 Å². The Morgan fingerprint density at radius 1 is 0.583 bits per heavy atom. The predicted octanol–water partition coefficient (Wildman–Crippen LogP) is 7.67. The van der Waals surface area contributed by atoms with Crippen LogP contribution in [0.4, 0.5) is 74.6 Å². The number of ether oxygens (including phenoxy) is 1. The van der Waals surface area contributed by atoms with Crippen molar-refractivity contribution in [1.82, 2.24) is 0 Å². The lowest BCUT2D eigenvalue weighted by atomic mass is 9.87. The maximum atomic E-state index is 13.9. The molecule has 0 aromatic heterocycles. The summed E-state index contributed by atoms with van der Waals surface area (Å²) < 4.78 is 229. The van der Waals surface area contributed by atoms with Gasteiger partial charge in [-0.3, -0.25) is 0 Å². The summed E-state index contributed by atoms with van der Waals surface area (Å²) in [6.45, 7) is 5.44. The second kappa shape index (κ2) is 9.09. The number of esters is 1. The van der Waals surface area contributed by atoms with Crippen molar-refractivity contribution in [2.24, 2.45) is 0 Å². The summed E-state index contributed by atoms with van der Waals surface area (Å²) in [6.07, 6.45) is -12.1. The highest BCUT2D eigenvalue weighted by Gasteiger charge is 2.95. The van der Waals surface area contributed by atoms with Gasteiger partial charge in [-0.15, -0.1) is 0 Å². The monoisotopic (exact) mass is 574 g/mol. The summed E-state index contributed by atoms with van der Waals surface area (Å²) in [6, 6.07) is 0. The van der Waals surface area contributed by atoms with Crippen molar-refractivity contribution in [1.29, 1.82) is 0 Å². The minimum Gasteiger partial charge on any atom is -0.456 e. The second-order valence-electron chi connectivity index (χ2n) is 8.08. The molecule has 0 radical (unpaired) electrons. The Labute approximate surface area is 190 Å². The highest BCUT2D eigenvalue weighted by atomic mass is 19.4. The molecule has 0 N–H and O–H groups in total. The van der Waals surface area contributed by atoms with Gasteiger partial charge in [0.15, 0.2) is 0 Å². The van der Waals surface area contributed by atoms with Crippen LogP contribution < -0.4 is 0 Å². The average Bonchev–Trinajstić information content (AvgIpc) is 2.64. The first-order valence-electron chi connectivity index (χ1n) is 8.89. The Morgan fingerprint density at radius 3 is 1.19 bits per heavy atom. The Balaban J connectivity index is 6.42. The van der Waals surface area contributed by atoms with Crippen molar-refractivity contribution in [3.05, 3.63) is 12.2 Å². The molecule has 36 heavy (non-hydrogen) atoms. The molecule has 214 valence electrons. The van der Waals surface area contributed by atoms with E-state index in [1.165, 1.54) is 0 Å². The van der Waals surface area contributed by atoms with E-state index in [1.54, 1.807) is 0 Å². The summed E-state index contributed by atoms with van der Waals surface area (Å²) in [4.78, 5) is 11.4. The van der Waals surface area contributed by atoms with Crippen LogP contribution in [-0.4, -0.2) is 59.2 Å². The fourth-order valence-corrected chi connectivity index (χ4v) is 2.20. The quantitative estimate of drug-likeness (QED) is 0.144. The fourth-order valence-electron chi connectivity index (χ4n) is 2.20. The third kappa shape index (κ3) is 5.19. The average molecular weight is 574 g/mol. The maximum Gasteiger partial charge on any atom is 0.460 e. The topological polar surface area (TPSA) is 26.3 Å². The fraction of sp³-hybridized carbons (Fsp3) is 0.824. The van der Waals surface area contributed by atoms with Crippen LogP contribution in [0.15, 0.2) is 12.2 Å². The number of hydrogen-bond donors (Lipinski definition) is 0. The molecule has 0 unspecified atom stereocenters. The zero-order valence-corrected chi connectivity index (χ0v) is 17.9. The second-order valence-corrected chi connectivity index (χ2v) is 8.08. The molecule has 0 aromatic rings. The largest absolute Gasteiger partial charge is 0.460 e. The van der Waals surface area contributed by atoms with Crippen molar-refractivity contribution in [3.8, 4) is 0 Å². The minimum absolute atomic E-state index is 0.398. The molecule has 0 heterocycles. The van der Waals surface area contributed by atoms with E-state index < -0.39 is 77.6 Å². The molecule has 0 amide bonds. The number of carbonyl (C=O) groups is 1. The zero-order chi connectivity index (χ0) is 29.8. The van der Waals surface area contributed by atoms with Gasteiger partial charge in [-0.1, -0.05) is 6.58 Å². The Morgan fingerprint density at radius 2 is 0.889 bits per heavy atom. The van der Waals surface area contributed by atoms with Crippen LogP contribution in [0.25, 0.3) is 0 Å². The molecule has 2 nitrogen and oxygen atoms in total. The number of hydrogen-bond acceptors (Lipinski definition) is 2. The van der Waals surface area contributed by atoms with E-state index in [0.717, 1.165) is 6.92 Å². The predicted molar refractivity (Wildman–Crippen MR) is 84.9 cm³/mol. The van der Waals surface area contributed by atoms with Gasteiger partial charge in [0.1, 0.15) is 5.60 Å². The first-order valence-corrected chi connectivity index (χ1v) is 8.89. The highest BCUT2D eigenvalue weighted by Crippen LogP contribution is 2.64. The number of alkyl halides is 17. The van der Waals surface area contributed by atoms with E-state index in [0.29, 0.717) is 13.8 Å². The highest BCUT2D eigenvalue weighted by molar-refractivity contribution is 5.87. The van der Waals surface area contributed by atoms with Crippen molar-refractivity contribution < 1.29 is 84.2 Å². The molecular formula is C17H15F17O2. The summed E-state index contributed by atoms with van der Waals surface area (Å²) in [5, 5.41) is 0. The smallest absolute Gasteiger partial charge is 0.456 e.